The summed E-state index contributed by atoms with van der Waals surface area (Å²) in [7, 11) is 4.04. The highest BCUT2D eigenvalue weighted by atomic mass is 16.1. The van der Waals surface area contributed by atoms with Crippen molar-refractivity contribution in [2.75, 3.05) is 46.8 Å². The van der Waals surface area contributed by atoms with Crippen molar-refractivity contribution in [3.05, 3.63) is 5.92 Å². The topological polar surface area (TPSA) is 35.6 Å². The second-order valence-corrected chi connectivity index (χ2v) is 5.85. The van der Waals surface area contributed by atoms with E-state index in [0.29, 0.717) is 0 Å². The van der Waals surface area contributed by atoms with E-state index in [1.54, 1.807) is 0 Å². The van der Waals surface area contributed by atoms with Gasteiger partial charge in [-0.05, 0) is 45.9 Å². The fourth-order valence-corrected chi connectivity index (χ4v) is 2.35. The molecule has 0 saturated carbocycles. The van der Waals surface area contributed by atoms with E-state index in [9.17, 15) is 4.79 Å². The van der Waals surface area contributed by atoms with Gasteiger partial charge < -0.3 is 15.1 Å². The third-order valence-corrected chi connectivity index (χ3v) is 3.36. The van der Waals surface area contributed by atoms with E-state index in [0.717, 1.165) is 45.6 Å². The van der Waals surface area contributed by atoms with Crippen LogP contribution in [0.1, 0.15) is 26.7 Å². The molecule has 0 atom stereocenters. The Balaban J connectivity index is 2.19. The molecule has 4 nitrogen and oxygen atoms in total. The highest BCUT2D eigenvalue weighted by molar-refractivity contribution is 5.78. The zero-order valence-electron chi connectivity index (χ0n) is 12.3. The standard InChI is InChI=1S/C14H28N3O/c1-12(2)11-17-8-5-13(6-9-17)14(18)15-7-10-16(3)4/h13H,5-11H2,1-4H3,(H,15,18). The van der Waals surface area contributed by atoms with Crippen LogP contribution in [0.4, 0.5) is 0 Å². The molecule has 0 aromatic heterocycles. The molecule has 0 unspecified atom stereocenters. The summed E-state index contributed by atoms with van der Waals surface area (Å²) in [4.78, 5) is 16.5. The van der Waals surface area contributed by atoms with Crippen molar-refractivity contribution in [1.82, 2.24) is 15.1 Å². The molecule has 1 heterocycles. The Labute approximate surface area is 112 Å². The van der Waals surface area contributed by atoms with Gasteiger partial charge in [0.25, 0.3) is 0 Å². The molecule has 105 valence electrons. The van der Waals surface area contributed by atoms with Crippen molar-refractivity contribution in [1.29, 1.82) is 0 Å². The number of likely N-dealkylation sites (N-methyl/N-ethyl adjacent to an activating group) is 1. The Hall–Kier alpha value is -0.610. The molecule has 0 aromatic carbocycles. The van der Waals surface area contributed by atoms with E-state index in [1.165, 1.54) is 5.92 Å². The molecule has 1 radical (unpaired) electrons. The first-order valence-electron chi connectivity index (χ1n) is 6.93. The maximum Gasteiger partial charge on any atom is 0.223 e. The molecule has 1 saturated heterocycles. The molecular formula is C14H28N3O. The zero-order chi connectivity index (χ0) is 13.5. The fourth-order valence-electron chi connectivity index (χ4n) is 2.35. The minimum absolute atomic E-state index is 0.223. The summed E-state index contributed by atoms with van der Waals surface area (Å²) in [6, 6.07) is 0. The Bertz CT molecular complexity index is 245. The maximum atomic E-state index is 12.0. The number of likely N-dealkylation sites (tertiary alicyclic amines) is 1. The number of carbonyl (C=O) groups excluding carboxylic acids is 1. The highest BCUT2D eigenvalue weighted by Gasteiger charge is 2.24. The molecule has 1 N–H and O–H groups in total. The number of hydrogen-bond donors (Lipinski definition) is 1. The monoisotopic (exact) mass is 254 g/mol. The fraction of sp³-hybridized carbons (Fsp3) is 0.857. The molecule has 1 rings (SSSR count). The van der Waals surface area contributed by atoms with Crippen LogP contribution in [0.25, 0.3) is 0 Å². The predicted octanol–water partition coefficient (Wildman–Crippen LogP) is 0.990. The molecule has 1 amide bonds. The number of hydrogen-bond acceptors (Lipinski definition) is 3. The van der Waals surface area contributed by atoms with Gasteiger partial charge in [0.05, 0.1) is 0 Å². The van der Waals surface area contributed by atoms with Crippen LogP contribution in [0.2, 0.25) is 0 Å². The van der Waals surface area contributed by atoms with Crippen LogP contribution in [-0.2, 0) is 4.79 Å². The average Bonchev–Trinajstić information content (AvgIpc) is 2.28. The van der Waals surface area contributed by atoms with Gasteiger partial charge in [-0.1, -0.05) is 13.8 Å². The van der Waals surface area contributed by atoms with Crippen LogP contribution in [-0.4, -0.2) is 62.5 Å². The number of piperidine rings is 1. The van der Waals surface area contributed by atoms with Gasteiger partial charge in [-0.25, -0.2) is 0 Å². The summed E-state index contributed by atoms with van der Waals surface area (Å²) in [6.07, 6.45) is 2.00. The van der Waals surface area contributed by atoms with Gasteiger partial charge in [-0.2, -0.15) is 0 Å². The van der Waals surface area contributed by atoms with Crippen LogP contribution in [0.3, 0.4) is 0 Å². The van der Waals surface area contributed by atoms with E-state index in [-0.39, 0.29) is 11.8 Å². The lowest BCUT2D eigenvalue weighted by Crippen LogP contribution is -2.42. The van der Waals surface area contributed by atoms with Crippen molar-refractivity contribution in [2.24, 2.45) is 5.92 Å². The van der Waals surface area contributed by atoms with Gasteiger partial charge in [0.15, 0.2) is 0 Å². The number of carbonyl (C=O) groups is 1. The van der Waals surface area contributed by atoms with Crippen molar-refractivity contribution in [3.63, 3.8) is 0 Å². The Morgan fingerprint density at radius 1 is 1.28 bits per heavy atom. The zero-order valence-corrected chi connectivity index (χ0v) is 12.3. The van der Waals surface area contributed by atoms with Crippen LogP contribution in [0.15, 0.2) is 0 Å². The Kier molecular flexibility index (Phi) is 6.65. The molecule has 0 spiro atoms. The van der Waals surface area contributed by atoms with Gasteiger partial charge in [0.2, 0.25) is 5.91 Å². The lowest BCUT2D eigenvalue weighted by molar-refractivity contribution is -0.126. The lowest BCUT2D eigenvalue weighted by atomic mass is 9.95. The highest BCUT2D eigenvalue weighted by Crippen LogP contribution is 2.18. The first kappa shape index (κ1) is 15.4. The molecule has 1 aliphatic rings. The van der Waals surface area contributed by atoms with E-state index < -0.39 is 0 Å². The van der Waals surface area contributed by atoms with Gasteiger partial charge in [0.1, 0.15) is 0 Å². The largest absolute Gasteiger partial charge is 0.355 e. The minimum atomic E-state index is 0.223. The van der Waals surface area contributed by atoms with Gasteiger partial charge in [-0.15, -0.1) is 0 Å². The SMILES string of the molecule is C[C](C)CN1CCC(C(=O)NCCN(C)C)CC1. The molecular weight excluding hydrogens is 226 g/mol. The molecule has 4 heteroatoms. The Morgan fingerprint density at radius 3 is 2.39 bits per heavy atom. The molecule has 0 aromatic rings. The average molecular weight is 254 g/mol. The van der Waals surface area contributed by atoms with Gasteiger partial charge in [0, 0.05) is 25.6 Å². The van der Waals surface area contributed by atoms with Crippen molar-refractivity contribution in [2.45, 2.75) is 26.7 Å². The maximum absolute atomic E-state index is 12.0. The lowest BCUT2D eigenvalue weighted by Gasteiger charge is -2.32. The van der Waals surface area contributed by atoms with E-state index in [4.69, 9.17) is 0 Å². The normalized spacial score (nSPS) is 18.6. The summed E-state index contributed by atoms with van der Waals surface area (Å²) < 4.78 is 0. The van der Waals surface area contributed by atoms with Gasteiger partial charge in [-0.3, -0.25) is 4.79 Å². The Morgan fingerprint density at radius 2 is 1.89 bits per heavy atom. The first-order valence-corrected chi connectivity index (χ1v) is 6.93. The van der Waals surface area contributed by atoms with Crippen LogP contribution < -0.4 is 5.32 Å². The second kappa shape index (κ2) is 7.74. The van der Waals surface area contributed by atoms with Crippen LogP contribution >= 0.6 is 0 Å². The molecule has 0 aliphatic carbocycles. The molecule has 1 fully saturated rings. The number of nitrogens with zero attached hydrogens (tertiary/aromatic N) is 2. The third kappa shape index (κ3) is 5.83. The van der Waals surface area contributed by atoms with Crippen LogP contribution in [0, 0.1) is 11.8 Å². The molecule has 0 bridgehead atoms. The summed E-state index contributed by atoms with van der Waals surface area (Å²) in [5.74, 6) is 1.91. The van der Waals surface area contributed by atoms with Crippen molar-refractivity contribution >= 4 is 5.91 Å². The summed E-state index contributed by atoms with van der Waals surface area (Å²) in [6.45, 7) is 9.19. The third-order valence-electron chi connectivity index (χ3n) is 3.36. The predicted molar refractivity (Wildman–Crippen MR) is 75.3 cm³/mol. The van der Waals surface area contributed by atoms with E-state index in [2.05, 4.69) is 29.0 Å². The molecule has 1 aliphatic heterocycles. The van der Waals surface area contributed by atoms with E-state index in [1.807, 2.05) is 14.1 Å². The molecule has 18 heavy (non-hydrogen) atoms. The summed E-state index contributed by atoms with van der Waals surface area (Å²) >= 11 is 0. The van der Waals surface area contributed by atoms with Crippen molar-refractivity contribution in [3.8, 4) is 0 Å². The first-order chi connectivity index (χ1) is 8.49. The number of nitrogens with one attached hydrogen (secondary N) is 1. The summed E-state index contributed by atoms with van der Waals surface area (Å²) in [5, 5.41) is 3.03. The number of amides is 1. The number of rotatable bonds is 6. The van der Waals surface area contributed by atoms with Crippen LogP contribution in [0.5, 0.6) is 0 Å². The quantitative estimate of drug-likeness (QED) is 0.768. The minimum Gasteiger partial charge on any atom is -0.355 e. The van der Waals surface area contributed by atoms with Gasteiger partial charge >= 0.3 is 0 Å². The second-order valence-electron chi connectivity index (χ2n) is 5.85. The van der Waals surface area contributed by atoms with Crippen molar-refractivity contribution < 1.29 is 4.79 Å². The summed E-state index contributed by atoms with van der Waals surface area (Å²) in [5.41, 5.74) is 0. The smallest absolute Gasteiger partial charge is 0.223 e. The van der Waals surface area contributed by atoms with E-state index >= 15 is 0 Å².